The molecule has 0 spiro atoms. The summed E-state index contributed by atoms with van der Waals surface area (Å²) in [4.78, 5) is 35.2. The maximum absolute atomic E-state index is 12.6. The Morgan fingerprint density at radius 1 is 1.08 bits per heavy atom. The van der Waals surface area contributed by atoms with Crippen molar-refractivity contribution in [1.29, 1.82) is 0 Å². The largest absolute Gasteiger partial charge is 0.341 e. The SMILES string of the molecule is O=C(CC1=Cc2ccccc2C1)N1CCN(C(=O)c2cnc[nH]2)CC1. The van der Waals surface area contributed by atoms with E-state index in [4.69, 9.17) is 0 Å². The van der Waals surface area contributed by atoms with Gasteiger partial charge in [-0.25, -0.2) is 4.98 Å². The number of nitrogens with zero attached hydrogens (tertiary/aromatic N) is 3. The Morgan fingerprint density at radius 3 is 2.56 bits per heavy atom. The molecule has 2 amide bonds. The topological polar surface area (TPSA) is 69.3 Å². The van der Waals surface area contributed by atoms with E-state index in [-0.39, 0.29) is 11.8 Å². The normalized spacial score (nSPS) is 16.6. The number of imidazole rings is 1. The molecule has 1 aromatic heterocycles. The number of carbonyl (C=O) groups is 2. The second kappa shape index (κ2) is 6.55. The third-order valence-corrected chi connectivity index (χ3v) is 4.86. The number of carbonyl (C=O) groups excluding carboxylic acids is 2. The second-order valence-corrected chi connectivity index (χ2v) is 6.49. The van der Waals surface area contributed by atoms with Gasteiger partial charge in [0.25, 0.3) is 5.91 Å². The lowest BCUT2D eigenvalue weighted by molar-refractivity contribution is -0.131. The summed E-state index contributed by atoms with van der Waals surface area (Å²) in [5.41, 5.74) is 4.18. The molecule has 2 heterocycles. The summed E-state index contributed by atoms with van der Waals surface area (Å²) < 4.78 is 0. The minimum absolute atomic E-state index is 0.0569. The van der Waals surface area contributed by atoms with Crippen LogP contribution in [0.15, 0.2) is 42.4 Å². The molecule has 1 aliphatic carbocycles. The van der Waals surface area contributed by atoms with Crippen LogP contribution in [0, 0.1) is 0 Å². The smallest absolute Gasteiger partial charge is 0.272 e. The summed E-state index contributed by atoms with van der Waals surface area (Å²) in [5, 5.41) is 0. The van der Waals surface area contributed by atoms with E-state index in [2.05, 4.69) is 28.2 Å². The molecular weight excluding hydrogens is 316 g/mol. The number of nitrogens with one attached hydrogen (secondary N) is 1. The molecule has 1 aromatic carbocycles. The van der Waals surface area contributed by atoms with Gasteiger partial charge in [0.05, 0.1) is 12.5 Å². The number of benzene rings is 1. The summed E-state index contributed by atoms with van der Waals surface area (Å²) in [6.07, 6.45) is 6.49. The van der Waals surface area contributed by atoms with Crippen LogP contribution in [0.3, 0.4) is 0 Å². The Kier molecular flexibility index (Phi) is 4.09. The predicted molar refractivity (Wildman–Crippen MR) is 93.8 cm³/mol. The molecule has 0 atom stereocenters. The van der Waals surface area contributed by atoms with Crippen molar-refractivity contribution in [3.8, 4) is 0 Å². The predicted octanol–water partition coefficient (Wildman–Crippen LogP) is 1.72. The molecule has 128 valence electrons. The van der Waals surface area contributed by atoms with Gasteiger partial charge in [0.2, 0.25) is 5.91 Å². The molecule has 0 unspecified atom stereocenters. The van der Waals surface area contributed by atoms with Crippen LogP contribution in [0.25, 0.3) is 6.08 Å². The Hall–Kier alpha value is -2.89. The van der Waals surface area contributed by atoms with Gasteiger partial charge in [-0.3, -0.25) is 9.59 Å². The fourth-order valence-electron chi connectivity index (χ4n) is 3.47. The van der Waals surface area contributed by atoms with Crippen LogP contribution < -0.4 is 0 Å². The van der Waals surface area contributed by atoms with Crippen LogP contribution in [0.1, 0.15) is 28.0 Å². The minimum Gasteiger partial charge on any atom is -0.341 e. The molecule has 6 heteroatoms. The van der Waals surface area contributed by atoms with Gasteiger partial charge in [0.15, 0.2) is 0 Å². The Bertz CT molecular complexity index is 818. The van der Waals surface area contributed by atoms with Crippen LogP contribution in [-0.4, -0.2) is 57.8 Å². The Morgan fingerprint density at radius 2 is 1.84 bits per heavy atom. The van der Waals surface area contributed by atoms with E-state index < -0.39 is 0 Å². The number of hydrogen-bond donors (Lipinski definition) is 1. The molecule has 4 rings (SSSR count). The van der Waals surface area contributed by atoms with Gasteiger partial charge in [-0.15, -0.1) is 0 Å². The lowest BCUT2D eigenvalue weighted by Gasteiger charge is -2.34. The zero-order chi connectivity index (χ0) is 17.2. The number of rotatable bonds is 3. The van der Waals surface area contributed by atoms with Crippen molar-refractivity contribution in [2.75, 3.05) is 26.2 Å². The van der Waals surface area contributed by atoms with Gasteiger partial charge >= 0.3 is 0 Å². The van der Waals surface area contributed by atoms with E-state index in [0.717, 1.165) is 6.42 Å². The molecule has 1 saturated heterocycles. The first kappa shape index (κ1) is 15.6. The van der Waals surface area contributed by atoms with Gasteiger partial charge in [-0.2, -0.15) is 0 Å². The number of piperazine rings is 1. The number of H-pyrrole nitrogens is 1. The lowest BCUT2D eigenvalue weighted by Crippen LogP contribution is -2.50. The van der Waals surface area contributed by atoms with E-state index in [9.17, 15) is 9.59 Å². The third-order valence-electron chi connectivity index (χ3n) is 4.86. The molecule has 0 bridgehead atoms. The fraction of sp³-hybridized carbons (Fsp3) is 0.316. The number of aromatic amines is 1. The summed E-state index contributed by atoms with van der Waals surface area (Å²) in [5.74, 6) is 0.0891. The maximum Gasteiger partial charge on any atom is 0.272 e. The zero-order valence-electron chi connectivity index (χ0n) is 13.9. The second-order valence-electron chi connectivity index (χ2n) is 6.49. The molecule has 1 N–H and O–H groups in total. The van der Waals surface area contributed by atoms with Crippen molar-refractivity contribution in [2.45, 2.75) is 12.8 Å². The molecule has 1 fully saturated rings. The van der Waals surface area contributed by atoms with Crippen molar-refractivity contribution >= 4 is 17.9 Å². The molecular formula is C19H20N4O2. The molecule has 0 radical (unpaired) electrons. The van der Waals surface area contributed by atoms with Crippen molar-refractivity contribution in [3.63, 3.8) is 0 Å². The monoisotopic (exact) mass is 336 g/mol. The van der Waals surface area contributed by atoms with Crippen LogP contribution >= 0.6 is 0 Å². The Labute approximate surface area is 146 Å². The lowest BCUT2D eigenvalue weighted by atomic mass is 10.1. The van der Waals surface area contributed by atoms with Crippen molar-refractivity contribution in [1.82, 2.24) is 19.8 Å². The van der Waals surface area contributed by atoms with Gasteiger partial charge in [0.1, 0.15) is 5.69 Å². The molecule has 25 heavy (non-hydrogen) atoms. The minimum atomic E-state index is -0.0569. The first-order valence-corrected chi connectivity index (χ1v) is 8.53. The summed E-state index contributed by atoms with van der Waals surface area (Å²) in [6, 6.07) is 8.26. The quantitative estimate of drug-likeness (QED) is 0.928. The van der Waals surface area contributed by atoms with E-state index in [1.807, 2.05) is 17.0 Å². The van der Waals surface area contributed by atoms with Crippen LogP contribution in [-0.2, 0) is 11.2 Å². The van der Waals surface area contributed by atoms with Crippen molar-refractivity contribution in [3.05, 3.63) is 59.2 Å². The first-order chi connectivity index (χ1) is 12.2. The van der Waals surface area contributed by atoms with Gasteiger partial charge in [-0.05, 0) is 17.5 Å². The number of hydrogen-bond acceptors (Lipinski definition) is 3. The van der Waals surface area contributed by atoms with Crippen LogP contribution in [0.4, 0.5) is 0 Å². The van der Waals surface area contributed by atoms with E-state index in [0.29, 0.717) is 38.3 Å². The van der Waals surface area contributed by atoms with E-state index in [1.165, 1.54) is 29.2 Å². The highest BCUT2D eigenvalue weighted by molar-refractivity contribution is 5.92. The average molecular weight is 336 g/mol. The maximum atomic E-state index is 12.6. The highest BCUT2D eigenvalue weighted by atomic mass is 16.2. The molecule has 1 aliphatic heterocycles. The molecule has 2 aromatic rings. The number of fused-ring (bicyclic) bond motifs is 1. The van der Waals surface area contributed by atoms with Gasteiger partial charge in [-0.1, -0.05) is 35.9 Å². The highest BCUT2D eigenvalue weighted by Crippen LogP contribution is 2.27. The van der Waals surface area contributed by atoms with Crippen molar-refractivity contribution < 1.29 is 9.59 Å². The van der Waals surface area contributed by atoms with Crippen molar-refractivity contribution in [2.24, 2.45) is 0 Å². The third kappa shape index (κ3) is 3.20. The van der Waals surface area contributed by atoms with Crippen LogP contribution in [0.5, 0.6) is 0 Å². The van der Waals surface area contributed by atoms with Gasteiger partial charge in [0, 0.05) is 32.6 Å². The summed E-state index contributed by atoms with van der Waals surface area (Å²) in [6.45, 7) is 2.28. The van der Waals surface area contributed by atoms with Crippen LogP contribution in [0.2, 0.25) is 0 Å². The molecule has 2 aliphatic rings. The highest BCUT2D eigenvalue weighted by Gasteiger charge is 2.26. The number of amides is 2. The molecule has 0 saturated carbocycles. The summed E-state index contributed by atoms with van der Waals surface area (Å²) in [7, 11) is 0. The first-order valence-electron chi connectivity index (χ1n) is 8.53. The van der Waals surface area contributed by atoms with E-state index in [1.54, 1.807) is 4.90 Å². The zero-order valence-corrected chi connectivity index (χ0v) is 13.9. The van der Waals surface area contributed by atoms with E-state index >= 15 is 0 Å². The average Bonchev–Trinajstić information content (AvgIpc) is 3.30. The molecule has 6 nitrogen and oxygen atoms in total. The standard InChI is InChI=1S/C19H20N4O2/c24-18(11-14-9-15-3-1-2-4-16(15)10-14)22-5-7-23(8-6-22)19(25)17-12-20-13-21-17/h1-4,9,12-13H,5-8,10-11H2,(H,20,21). The Balaban J connectivity index is 1.31. The number of aromatic nitrogens is 2. The fourth-order valence-corrected chi connectivity index (χ4v) is 3.47. The van der Waals surface area contributed by atoms with Gasteiger partial charge < -0.3 is 14.8 Å². The summed E-state index contributed by atoms with van der Waals surface area (Å²) >= 11 is 0.